The molecule has 88 valence electrons. The number of benzene rings is 1. The summed E-state index contributed by atoms with van der Waals surface area (Å²) >= 11 is 0. The van der Waals surface area contributed by atoms with Gasteiger partial charge in [0, 0.05) is 23.7 Å². The van der Waals surface area contributed by atoms with Gasteiger partial charge in [-0.15, -0.1) is 0 Å². The van der Waals surface area contributed by atoms with Crippen molar-refractivity contribution in [2.75, 3.05) is 6.61 Å². The van der Waals surface area contributed by atoms with Crippen LogP contribution in [0, 0.1) is 0 Å². The molecule has 1 aromatic carbocycles. The van der Waals surface area contributed by atoms with E-state index < -0.39 is 0 Å². The van der Waals surface area contributed by atoms with Gasteiger partial charge < -0.3 is 10.1 Å². The zero-order valence-electron chi connectivity index (χ0n) is 10.0. The molecule has 0 fully saturated rings. The Bertz CT molecular complexity index is 563. The molecule has 0 saturated carbocycles. The van der Waals surface area contributed by atoms with Gasteiger partial charge in [-0.05, 0) is 36.6 Å². The molecule has 0 aliphatic rings. The van der Waals surface area contributed by atoms with Crippen LogP contribution in [0.5, 0.6) is 0 Å². The van der Waals surface area contributed by atoms with Gasteiger partial charge in [-0.3, -0.25) is 0 Å². The topological polar surface area (TPSA) is 36.0 Å². The van der Waals surface area contributed by atoms with E-state index in [1.54, 1.807) is 0 Å². The summed E-state index contributed by atoms with van der Waals surface area (Å²) < 4.78 is 0. The summed E-state index contributed by atoms with van der Waals surface area (Å²) in [7, 11) is 0. The lowest BCUT2D eigenvalue weighted by Crippen LogP contribution is -1.88. The highest BCUT2D eigenvalue weighted by molar-refractivity contribution is 5.85. The van der Waals surface area contributed by atoms with Crippen LogP contribution in [-0.2, 0) is 6.42 Å². The molecule has 0 amide bonds. The minimum absolute atomic E-state index is 0.179. The second kappa shape index (κ2) is 5.02. The van der Waals surface area contributed by atoms with Gasteiger partial charge in [-0.25, -0.2) is 0 Å². The van der Waals surface area contributed by atoms with Crippen LogP contribution >= 0.6 is 0 Å². The largest absolute Gasteiger partial charge is 0.396 e. The van der Waals surface area contributed by atoms with Crippen molar-refractivity contribution in [2.45, 2.75) is 13.3 Å². The first-order chi connectivity index (χ1) is 8.20. The van der Waals surface area contributed by atoms with E-state index in [-0.39, 0.29) is 6.61 Å². The Morgan fingerprint density at radius 1 is 1.47 bits per heavy atom. The van der Waals surface area contributed by atoms with Crippen molar-refractivity contribution in [3.05, 3.63) is 53.8 Å². The number of hydrogen-bond acceptors (Lipinski definition) is 1. The van der Waals surface area contributed by atoms with Crippen LogP contribution in [0.3, 0.4) is 0 Å². The van der Waals surface area contributed by atoms with Crippen LogP contribution in [0.15, 0.2) is 42.6 Å². The van der Waals surface area contributed by atoms with Crippen LogP contribution in [0.4, 0.5) is 0 Å². The summed E-state index contributed by atoms with van der Waals surface area (Å²) in [5.41, 5.74) is 4.46. The van der Waals surface area contributed by atoms with Gasteiger partial charge in [0.25, 0.3) is 0 Å². The predicted molar refractivity (Wildman–Crippen MR) is 72.9 cm³/mol. The number of rotatable bonds is 4. The Hall–Kier alpha value is -1.80. The smallest absolute Gasteiger partial charge is 0.0472 e. The van der Waals surface area contributed by atoms with Crippen molar-refractivity contribution in [1.82, 2.24) is 4.98 Å². The van der Waals surface area contributed by atoms with E-state index in [0.717, 1.165) is 22.2 Å². The number of aromatic amines is 1. The molecule has 0 saturated heterocycles. The van der Waals surface area contributed by atoms with Gasteiger partial charge in [0.15, 0.2) is 0 Å². The number of aromatic nitrogens is 1. The van der Waals surface area contributed by atoms with Gasteiger partial charge in [-0.1, -0.05) is 30.4 Å². The van der Waals surface area contributed by atoms with E-state index in [1.165, 1.54) is 5.39 Å². The number of fused-ring (bicyclic) bond motifs is 1. The summed E-state index contributed by atoms with van der Waals surface area (Å²) in [6.07, 6.45) is 6.71. The zero-order chi connectivity index (χ0) is 12.3. The molecular formula is C15H17NO. The summed E-state index contributed by atoms with van der Waals surface area (Å²) in [4.78, 5) is 3.21. The fourth-order valence-electron chi connectivity index (χ4n) is 1.87. The summed E-state index contributed by atoms with van der Waals surface area (Å²) in [6, 6.07) is 6.27. The third-order valence-corrected chi connectivity index (χ3v) is 2.73. The minimum atomic E-state index is 0.179. The number of aliphatic hydroxyl groups excluding tert-OH is 1. The van der Waals surface area contributed by atoms with Crippen molar-refractivity contribution in [3.63, 3.8) is 0 Å². The summed E-state index contributed by atoms with van der Waals surface area (Å²) in [5, 5.41) is 10.2. The highest BCUT2D eigenvalue weighted by Crippen LogP contribution is 2.21. The van der Waals surface area contributed by atoms with Crippen molar-refractivity contribution in [3.8, 4) is 0 Å². The fourth-order valence-corrected chi connectivity index (χ4v) is 1.87. The third kappa shape index (κ3) is 2.66. The van der Waals surface area contributed by atoms with E-state index in [4.69, 9.17) is 5.11 Å². The molecule has 0 spiro atoms. The Kier molecular flexibility index (Phi) is 3.45. The maximum atomic E-state index is 9.00. The van der Waals surface area contributed by atoms with E-state index >= 15 is 0 Å². The molecule has 2 heteroatoms. The SMILES string of the molecule is C=C(C)/C=C/c1ccc2[nH]cc(CCO)c2c1. The molecule has 2 rings (SSSR count). The monoisotopic (exact) mass is 227 g/mol. The Morgan fingerprint density at radius 2 is 2.29 bits per heavy atom. The number of allylic oxidation sites excluding steroid dienone is 2. The average molecular weight is 227 g/mol. The molecule has 1 heterocycles. The summed E-state index contributed by atoms with van der Waals surface area (Å²) in [5.74, 6) is 0. The average Bonchev–Trinajstić information content (AvgIpc) is 2.70. The molecule has 1 aromatic heterocycles. The van der Waals surface area contributed by atoms with Gasteiger partial charge in [0.1, 0.15) is 0 Å². The van der Waals surface area contributed by atoms with Gasteiger partial charge in [0.2, 0.25) is 0 Å². The Balaban J connectivity index is 2.40. The first-order valence-electron chi connectivity index (χ1n) is 5.75. The lowest BCUT2D eigenvalue weighted by Gasteiger charge is -1.98. The molecule has 17 heavy (non-hydrogen) atoms. The highest BCUT2D eigenvalue weighted by Gasteiger charge is 2.02. The normalized spacial score (nSPS) is 11.4. The van der Waals surface area contributed by atoms with Crippen LogP contribution in [0.25, 0.3) is 17.0 Å². The molecule has 0 aliphatic carbocycles. The standard InChI is InChI=1S/C15H17NO/c1-11(2)3-4-12-5-6-15-14(9-12)13(7-8-17)10-16-15/h3-6,9-10,16-17H,1,7-8H2,2H3/b4-3+. The quantitative estimate of drug-likeness (QED) is 0.772. The van der Waals surface area contributed by atoms with E-state index in [2.05, 4.69) is 35.8 Å². The highest BCUT2D eigenvalue weighted by atomic mass is 16.2. The molecule has 2 nitrogen and oxygen atoms in total. The van der Waals surface area contributed by atoms with Crippen LogP contribution < -0.4 is 0 Å². The van der Waals surface area contributed by atoms with Gasteiger partial charge in [-0.2, -0.15) is 0 Å². The molecule has 2 aromatic rings. The molecule has 2 N–H and O–H groups in total. The van der Waals surface area contributed by atoms with Crippen molar-refractivity contribution in [1.29, 1.82) is 0 Å². The van der Waals surface area contributed by atoms with Crippen LogP contribution in [0.1, 0.15) is 18.1 Å². The first-order valence-corrected chi connectivity index (χ1v) is 5.75. The van der Waals surface area contributed by atoms with E-state index in [9.17, 15) is 0 Å². The Morgan fingerprint density at radius 3 is 3.00 bits per heavy atom. The molecule has 0 atom stereocenters. The molecule has 0 aliphatic heterocycles. The second-order valence-corrected chi connectivity index (χ2v) is 4.27. The first kappa shape index (κ1) is 11.7. The Labute approximate surface area is 101 Å². The maximum Gasteiger partial charge on any atom is 0.0472 e. The lowest BCUT2D eigenvalue weighted by molar-refractivity contribution is 0.300. The number of nitrogens with one attached hydrogen (secondary N) is 1. The zero-order valence-corrected chi connectivity index (χ0v) is 10.0. The maximum absolute atomic E-state index is 9.00. The van der Waals surface area contributed by atoms with Gasteiger partial charge >= 0.3 is 0 Å². The number of H-pyrrole nitrogens is 1. The minimum Gasteiger partial charge on any atom is -0.396 e. The predicted octanol–water partition coefficient (Wildman–Crippen LogP) is 3.29. The van der Waals surface area contributed by atoms with Crippen LogP contribution in [0.2, 0.25) is 0 Å². The van der Waals surface area contributed by atoms with Crippen molar-refractivity contribution >= 4 is 17.0 Å². The molecule has 0 radical (unpaired) electrons. The molecular weight excluding hydrogens is 210 g/mol. The lowest BCUT2D eigenvalue weighted by atomic mass is 10.1. The third-order valence-electron chi connectivity index (χ3n) is 2.73. The van der Waals surface area contributed by atoms with E-state index in [0.29, 0.717) is 6.42 Å². The van der Waals surface area contributed by atoms with Crippen molar-refractivity contribution < 1.29 is 5.11 Å². The van der Waals surface area contributed by atoms with E-state index in [1.807, 2.05) is 19.2 Å². The fraction of sp³-hybridized carbons (Fsp3) is 0.200. The molecule has 0 bridgehead atoms. The number of hydrogen-bond donors (Lipinski definition) is 2. The number of aliphatic hydroxyl groups is 1. The molecule has 0 unspecified atom stereocenters. The second-order valence-electron chi connectivity index (χ2n) is 4.27. The van der Waals surface area contributed by atoms with Gasteiger partial charge in [0.05, 0.1) is 0 Å². The van der Waals surface area contributed by atoms with Crippen molar-refractivity contribution in [2.24, 2.45) is 0 Å². The summed E-state index contributed by atoms with van der Waals surface area (Å²) in [6.45, 7) is 6.00. The van der Waals surface area contributed by atoms with Crippen LogP contribution in [-0.4, -0.2) is 16.7 Å².